The molecule has 2 rings (SSSR count). The number of benzene rings is 1. The fourth-order valence-corrected chi connectivity index (χ4v) is 1.84. The molecule has 0 spiro atoms. The molecule has 0 aliphatic carbocycles. The van der Waals surface area contributed by atoms with Crippen molar-refractivity contribution in [2.75, 3.05) is 6.54 Å². The average Bonchev–Trinajstić information content (AvgIpc) is 2.71. The van der Waals surface area contributed by atoms with Crippen molar-refractivity contribution in [3.8, 4) is 0 Å². The second-order valence-corrected chi connectivity index (χ2v) is 4.76. The molecule has 0 unspecified atom stereocenters. The molecule has 2 aromatic rings. The van der Waals surface area contributed by atoms with E-state index in [4.69, 9.17) is 0 Å². The van der Waals surface area contributed by atoms with Gasteiger partial charge in [0.1, 0.15) is 0 Å². The summed E-state index contributed by atoms with van der Waals surface area (Å²) in [6.45, 7) is 6.58. The minimum absolute atomic E-state index is 0. The van der Waals surface area contributed by atoms with Gasteiger partial charge in [0, 0.05) is 18.3 Å². The van der Waals surface area contributed by atoms with Crippen LogP contribution in [-0.4, -0.2) is 11.5 Å². The van der Waals surface area contributed by atoms with Gasteiger partial charge in [-0.25, -0.2) is 0 Å². The monoisotopic (exact) mass is 252 g/mol. The van der Waals surface area contributed by atoms with E-state index >= 15 is 0 Å². The van der Waals surface area contributed by atoms with Gasteiger partial charge in [0.25, 0.3) is 0 Å². The molecular weight excluding hydrogens is 232 g/mol. The highest BCUT2D eigenvalue weighted by molar-refractivity contribution is 5.85. The van der Waals surface area contributed by atoms with Crippen LogP contribution in [0.1, 0.15) is 25.8 Å². The van der Waals surface area contributed by atoms with Gasteiger partial charge in [-0.05, 0) is 48.0 Å². The number of hydrogen-bond donors (Lipinski definition) is 2. The van der Waals surface area contributed by atoms with Crippen LogP contribution in [0, 0.1) is 5.92 Å². The molecule has 0 aliphatic rings. The number of halogens is 1. The normalized spacial score (nSPS) is 10.8. The molecule has 2 N–H and O–H groups in total. The van der Waals surface area contributed by atoms with Gasteiger partial charge >= 0.3 is 0 Å². The van der Waals surface area contributed by atoms with Gasteiger partial charge < -0.3 is 10.3 Å². The molecule has 0 saturated heterocycles. The SMILES string of the molecule is CC(C)CCNCc1ccc2[nH]ccc2c1.Cl. The van der Waals surface area contributed by atoms with Gasteiger partial charge in [-0.3, -0.25) is 0 Å². The number of H-pyrrole nitrogens is 1. The summed E-state index contributed by atoms with van der Waals surface area (Å²) in [6.07, 6.45) is 3.23. The van der Waals surface area contributed by atoms with Crippen molar-refractivity contribution in [3.63, 3.8) is 0 Å². The molecule has 2 nitrogen and oxygen atoms in total. The molecule has 0 amide bonds. The first-order valence-corrected chi connectivity index (χ1v) is 6.02. The molecule has 0 bridgehead atoms. The van der Waals surface area contributed by atoms with E-state index < -0.39 is 0 Å². The summed E-state index contributed by atoms with van der Waals surface area (Å²) in [6, 6.07) is 8.69. The number of nitrogens with one attached hydrogen (secondary N) is 2. The van der Waals surface area contributed by atoms with Crippen LogP contribution in [0.3, 0.4) is 0 Å². The fourth-order valence-electron chi connectivity index (χ4n) is 1.84. The summed E-state index contributed by atoms with van der Waals surface area (Å²) < 4.78 is 0. The van der Waals surface area contributed by atoms with Gasteiger partial charge in [-0.15, -0.1) is 12.4 Å². The third kappa shape index (κ3) is 4.06. The summed E-state index contributed by atoms with van der Waals surface area (Å²) in [5.41, 5.74) is 2.57. The maximum absolute atomic E-state index is 3.48. The van der Waals surface area contributed by atoms with E-state index in [1.165, 1.54) is 22.9 Å². The minimum atomic E-state index is 0. The van der Waals surface area contributed by atoms with Gasteiger partial charge in [0.2, 0.25) is 0 Å². The van der Waals surface area contributed by atoms with Crippen LogP contribution in [0.25, 0.3) is 10.9 Å². The average molecular weight is 253 g/mol. The number of hydrogen-bond acceptors (Lipinski definition) is 1. The Labute approximate surface area is 109 Å². The van der Waals surface area contributed by atoms with Crippen LogP contribution < -0.4 is 5.32 Å². The third-order valence-electron chi connectivity index (χ3n) is 2.85. The predicted molar refractivity (Wildman–Crippen MR) is 76.7 cm³/mol. The molecule has 0 atom stereocenters. The minimum Gasteiger partial charge on any atom is -0.361 e. The lowest BCUT2D eigenvalue weighted by Crippen LogP contribution is -2.16. The Morgan fingerprint density at radius 2 is 2.06 bits per heavy atom. The smallest absolute Gasteiger partial charge is 0.0454 e. The van der Waals surface area contributed by atoms with Gasteiger partial charge in [0.05, 0.1) is 0 Å². The van der Waals surface area contributed by atoms with Crippen molar-refractivity contribution in [3.05, 3.63) is 36.0 Å². The highest BCUT2D eigenvalue weighted by atomic mass is 35.5. The second-order valence-electron chi connectivity index (χ2n) is 4.76. The Hall–Kier alpha value is -0.990. The van der Waals surface area contributed by atoms with Crippen LogP contribution >= 0.6 is 12.4 Å². The third-order valence-corrected chi connectivity index (χ3v) is 2.85. The number of fused-ring (bicyclic) bond motifs is 1. The lowest BCUT2D eigenvalue weighted by molar-refractivity contribution is 0.537. The highest BCUT2D eigenvalue weighted by Gasteiger charge is 1.97. The summed E-state index contributed by atoms with van der Waals surface area (Å²) in [7, 11) is 0. The molecule has 0 aliphatic heterocycles. The van der Waals surface area contributed by atoms with Crippen LogP contribution in [0.2, 0.25) is 0 Å². The van der Waals surface area contributed by atoms with Gasteiger partial charge in [-0.2, -0.15) is 0 Å². The van der Waals surface area contributed by atoms with Crippen LogP contribution in [0.4, 0.5) is 0 Å². The van der Waals surface area contributed by atoms with Crippen LogP contribution in [0.15, 0.2) is 30.5 Å². The van der Waals surface area contributed by atoms with E-state index in [1.807, 2.05) is 6.20 Å². The molecule has 0 radical (unpaired) electrons. The predicted octanol–water partition coefficient (Wildman–Crippen LogP) is 3.73. The maximum Gasteiger partial charge on any atom is 0.0454 e. The maximum atomic E-state index is 3.48. The Morgan fingerprint density at radius 1 is 1.24 bits per heavy atom. The fraction of sp³-hybridized carbons (Fsp3) is 0.429. The molecule has 1 aromatic heterocycles. The summed E-state index contributed by atoms with van der Waals surface area (Å²) in [4.78, 5) is 3.21. The number of rotatable bonds is 5. The van der Waals surface area contributed by atoms with E-state index in [9.17, 15) is 0 Å². The van der Waals surface area contributed by atoms with Crippen molar-refractivity contribution < 1.29 is 0 Å². The first-order chi connectivity index (χ1) is 7.75. The zero-order valence-electron chi connectivity index (χ0n) is 10.5. The van der Waals surface area contributed by atoms with E-state index in [2.05, 4.69) is 48.4 Å². The van der Waals surface area contributed by atoms with E-state index in [0.29, 0.717) is 0 Å². The van der Waals surface area contributed by atoms with Gasteiger partial charge in [0.15, 0.2) is 0 Å². The Morgan fingerprint density at radius 3 is 2.82 bits per heavy atom. The summed E-state index contributed by atoms with van der Waals surface area (Å²) in [5, 5.41) is 4.77. The molecule has 0 saturated carbocycles. The van der Waals surface area contributed by atoms with Crippen molar-refractivity contribution in [1.29, 1.82) is 0 Å². The highest BCUT2D eigenvalue weighted by Crippen LogP contribution is 2.14. The lowest BCUT2D eigenvalue weighted by Gasteiger charge is -2.07. The Kier molecular flexibility index (Phi) is 5.52. The van der Waals surface area contributed by atoms with Crippen LogP contribution in [0.5, 0.6) is 0 Å². The van der Waals surface area contributed by atoms with E-state index in [1.54, 1.807) is 0 Å². The standard InChI is InChI=1S/C14H20N2.ClH/c1-11(2)5-7-15-10-12-3-4-14-13(9-12)6-8-16-14;/h3-4,6,8-9,11,15-16H,5,7,10H2,1-2H3;1H. The van der Waals surface area contributed by atoms with Crippen molar-refractivity contribution in [2.45, 2.75) is 26.8 Å². The van der Waals surface area contributed by atoms with Gasteiger partial charge in [-0.1, -0.05) is 19.9 Å². The topological polar surface area (TPSA) is 27.8 Å². The first kappa shape index (κ1) is 14.1. The van der Waals surface area contributed by atoms with Crippen molar-refractivity contribution >= 4 is 23.3 Å². The Bertz CT molecular complexity index is 448. The summed E-state index contributed by atoms with van der Waals surface area (Å²) in [5.74, 6) is 0.777. The molecular formula is C14H21ClN2. The zero-order chi connectivity index (χ0) is 11.4. The molecule has 3 heteroatoms. The first-order valence-electron chi connectivity index (χ1n) is 6.02. The molecule has 0 fully saturated rings. The van der Waals surface area contributed by atoms with Crippen molar-refractivity contribution in [2.24, 2.45) is 5.92 Å². The molecule has 17 heavy (non-hydrogen) atoms. The molecule has 1 aromatic carbocycles. The summed E-state index contributed by atoms with van der Waals surface area (Å²) >= 11 is 0. The second kappa shape index (κ2) is 6.67. The zero-order valence-corrected chi connectivity index (χ0v) is 11.3. The number of aromatic amines is 1. The van der Waals surface area contributed by atoms with E-state index in [0.717, 1.165) is 19.0 Å². The van der Waals surface area contributed by atoms with Crippen molar-refractivity contribution in [1.82, 2.24) is 10.3 Å². The quantitative estimate of drug-likeness (QED) is 0.780. The number of aromatic nitrogens is 1. The van der Waals surface area contributed by atoms with E-state index in [-0.39, 0.29) is 12.4 Å². The Balaban J connectivity index is 0.00000144. The molecule has 1 heterocycles. The van der Waals surface area contributed by atoms with Crippen LogP contribution in [-0.2, 0) is 6.54 Å². The molecule has 94 valence electrons. The largest absolute Gasteiger partial charge is 0.361 e. The lowest BCUT2D eigenvalue weighted by atomic mass is 10.1.